The molecule has 0 amide bonds. The third-order valence-electron chi connectivity index (χ3n) is 7.52. The topological polar surface area (TPSA) is 61.8 Å². The number of ether oxygens (including phenoxy) is 3. The second-order valence-electron chi connectivity index (χ2n) is 9.22. The summed E-state index contributed by atoms with van der Waals surface area (Å²) >= 11 is 0. The van der Waals surface area contributed by atoms with Crippen molar-refractivity contribution in [2.75, 3.05) is 7.11 Å². The van der Waals surface area contributed by atoms with Gasteiger partial charge < -0.3 is 14.2 Å². The van der Waals surface area contributed by atoms with Gasteiger partial charge in [-0.05, 0) is 86.8 Å². The van der Waals surface area contributed by atoms with Crippen LogP contribution >= 0.6 is 0 Å². The van der Waals surface area contributed by atoms with Crippen LogP contribution in [0.3, 0.4) is 0 Å². The average molecular weight is 421 g/mol. The van der Waals surface area contributed by atoms with Gasteiger partial charge in [-0.25, -0.2) is 9.59 Å². The lowest BCUT2D eigenvalue weighted by atomic mass is 9.81. The van der Waals surface area contributed by atoms with E-state index in [-0.39, 0.29) is 18.0 Å². The lowest BCUT2D eigenvalue weighted by Gasteiger charge is -2.29. The monoisotopic (exact) mass is 420 g/mol. The Kier molecular flexibility index (Phi) is 5.20. The molecule has 5 nitrogen and oxygen atoms in total. The third kappa shape index (κ3) is 3.71. The van der Waals surface area contributed by atoms with Gasteiger partial charge in [0.1, 0.15) is 18.0 Å². The lowest BCUT2D eigenvalue weighted by Crippen LogP contribution is -2.37. The van der Waals surface area contributed by atoms with E-state index in [0.717, 1.165) is 12.0 Å². The number of carbonyl (C=O) groups is 2. The minimum absolute atomic E-state index is 0.293. The molecule has 2 aromatic rings. The van der Waals surface area contributed by atoms with Crippen LogP contribution in [0, 0.1) is 30.6 Å². The normalized spacial score (nSPS) is 30.6. The molecule has 3 aliphatic rings. The van der Waals surface area contributed by atoms with Crippen molar-refractivity contribution in [1.29, 1.82) is 0 Å². The number of esters is 2. The number of benzene rings is 2. The Labute approximate surface area is 182 Å². The van der Waals surface area contributed by atoms with Crippen molar-refractivity contribution in [1.82, 2.24) is 0 Å². The van der Waals surface area contributed by atoms with Gasteiger partial charge in [-0.3, -0.25) is 0 Å². The fraction of sp³-hybridized carbons (Fsp3) is 0.462. The van der Waals surface area contributed by atoms with E-state index in [1.165, 1.54) is 19.3 Å². The zero-order chi connectivity index (χ0) is 21.5. The molecule has 5 heteroatoms. The van der Waals surface area contributed by atoms with Gasteiger partial charge in [0.05, 0.1) is 18.2 Å². The number of aryl methyl sites for hydroxylation is 1. The molecular formula is C26H28O5. The second kappa shape index (κ2) is 8.03. The van der Waals surface area contributed by atoms with Crippen molar-refractivity contribution < 1.29 is 23.8 Å². The van der Waals surface area contributed by atoms with Crippen molar-refractivity contribution in [3.05, 3.63) is 65.2 Å². The fourth-order valence-electron chi connectivity index (χ4n) is 6.05. The molecule has 0 heterocycles. The molecule has 31 heavy (non-hydrogen) atoms. The first-order chi connectivity index (χ1) is 15.0. The molecule has 6 unspecified atom stereocenters. The van der Waals surface area contributed by atoms with Crippen molar-refractivity contribution in [3.63, 3.8) is 0 Å². The molecule has 0 aliphatic heterocycles. The SMILES string of the molecule is COc1ccc(C(=O)OC2CC3C4CCC(C4)C3C2OC(=O)c2ccc(C)cc2)cc1. The minimum atomic E-state index is -0.401. The van der Waals surface area contributed by atoms with E-state index in [1.807, 2.05) is 19.1 Å². The maximum absolute atomic E-state index is 12.9. The summed E-state index contributed by atoms with van der Waals surface area (Å²) in [6.07, 6.45) is 3.64. The maximum Gasteiger partial charge on any atom is 0.338 e. The number of carbonyl (C=O) groups excluding carboxylic acids is 2. The first kappa shape index (κ1) is 20.1. The third-order valence-corrected chi connectivity index (χ3v) is 7.52. The van der Waals surface area contributed by atoms with Gasteiger partial charge in [0.15, 0.2) is 0 Å². The summed E-state index contributed by atoms with van der Waals surface area (Å²) in [5.74, 6) is 1.98. The molecule has 0 radical (unpaired) electrons. The Morgan fingerprint density at radius 2 is 1.42 bits per heavy atom. The Balaban J connectivity index is 1.35. The van der Waals surface area contributed by atoms with Gasteiger partial charge in [0, 0.05) is 5.92 Å². The van der Waals surface area contributed by atoms with Crippen LogP contribution in [0.1, 0.15) is 52.0 Å². The van der Waals surface area contributed by atoms with Gasteiger partial charge in [0.25, 0.3) is 0 Å². The Bertz CT molecular complexity index is 964. The number of rotatable bonds is 5. The molecule has 2 bridgehead atoms. The van der Waals surface area contributed by atoms with Gasteiger partial charge >= 0.3 is 11.9 Å². The summed E-state index contributed by atoms with van der Waals surface area (Å²) in [7, 11) is 1.59. The fourth-order valence-corrected chi connectivity index (χ4v) is 6.05. The zero-order valence-corrected chi connectivity index (χ0v) is 18.0. The highest BCUT2D eigenvalue weighted by Gasteiger charge is 2.59. The number of hydrogen-bond acceptors (Lipinski definition) is 5. The standard InChI is InChI=1S/C26H28O5/c1-15-3-5-16(6-4-15)26(28)31-24-22(14-21-18-7-8-19(13-18)23(21)24)30-25(27)17-9-11-20(29-2)12-10-17/h3-6,9-12,18-19,21-24H,7-8,13-14H2,1-2H3. The summed E-state index contributed by atoms with van der Waals surface area (Å²) in [5.41, 5.74) is 2.11. The summed E-state index contributed by atoms with van der Waals surface area (Å²) in [4.78, 5) is 25.7. The minimum Gasteiger partial charge on any atom is -0.497 e. The quantitative estimate of drug-likeness (QED) is 0.649. The van der Waals surface area contributed by atoms with Crippen molar-refractivity contribution in [2.24, 2.45) is 23.7 Å². The lowest BCUT2D eigenvalue weighted by molar-refractivity contribution is -0.0416. The predicted molar refractivity (Wildman–Crippen MR) is 115 cm³/mol. The molecule has 162 valence electrons. The second-order valence-corrected chi connectivity index (χ2v) is 9.22. The van der Waals surface area contributed by atoms with Crippen LogP contribution in [0.4, 0.5) is 0 Å². The molecule has 3 fully saturated rings. The first-order valence-corrected chi connectivity index (χ1v) is 11.2. The van der Waals surface area contributed by atoms with E-state index in [0.29, 0.717) is 40.5 Å². The molecule has 3 aliphatic carbocycles. The highest BCUT2D eigenvalue weighted by Crippen LogP contribution is 2.60. The van der Waals surface area contributed by atoms with Crippen LogP contribution in [0.5, 0.6) is 5.75 Å². The van der Waals surface area contributed by atoms with E-state index in [4.69, 9.17) is 14.2 Å². The van der Waals surface area contributed by atoms with Crippen molar-refractivity contribution in [3.8, 4) is 5.75 Å². The maximum atomic E-state index is 12.9. The molecule has 3 saturated carbocycles. The van der Waals surface area contributed by atoms with Crippen molar-refractivity contribution >= 4 is 11.9 Å². The molecule has 6 atom stereocenters. The summed E-state index contributed by atoms with van der Waals surface area (Å²) in [6.45, 7) is 1.99. The van der Waals surface area contributed by atoms with Crippen LogP contribution in [0.15, 0.2) is 48.5 Å². The average Bonchev–Trinajstić information content (AvgIpc) is 3.48. The van der Waals surface area contributed by atoms with E-state index >= 15 is 0 Å². The van der Waals surface area contributed by atoms with Gasteiger partial charge in [-0.15, -0.1) is 0 Å². The van der Waals surface area contributed by atoms with E-state index in [1.54, 1.807) is 43.5 Å². The molecule has 0 spiro atoms. The highest BCUT2D eigenvalue weighted by molar-refractivity contribution is 5.90. The molecule has 2 aromatic carbocycles. The van der Waals surface area contributed by atoms with E-state index < -0.39 is 6.10 Å². The van der Waals surface area contributed by atoms with E-state index in [2.05, 4.69) is 0 Å². The largest absolute Gasteiger partial charge is 0.497 e. The van der Waals surface area contributed by atoms with Crippen molar-refractivity contribution in [2.45, 2.75) is 44.8 Å². The van der Waals surface area contributed by atoms with Crippen LogP contribution < -0.4 is 4.74 Å². The van der Waals surface area contributed by atoms with Crippen LogP contribution in [-0.2, 0) is 9.47 Å². The van der Waals surface area contributed by atoms with Crippen LogP contribution in [-0.4, -0.2) is 31.3 Å². The van der Waals surface area contributed by atoms with Crippen LogP contribution in [0.25, 0.3) is 0 Å². The Morgan fingerprint density at radius 1 is 0.806 bits per heavy atom. The van der Waals surface area contributed by atoms with E-state index in [9.17, 15) is 9.59 Å². The molecule has 5 rings (SSSR count). The van der Waals surface area contributed by atoms with Gasteiger partial charge in [-0.2, -0.15) is 0 Å². The summed E-state index contributed by atoms with van der Waals surface area (Å²) < 4.78 is 17.2. The summed E-state index contributed by atoms with van der Waals surface area (Å²) in [6, 6.07) is 14.3. The Morgan fingerprint density at radius 3 is 2.10 bits per heavy atom. The predicted octanol–water partition coefficient (Wildman–Crippen LogP) is 4.82. The summed E-state index contributed by atoms with van der Waals surface area (Å²) in [5, 5.41) is 0. The number of hydrogen-bond donors (Lipinski definition) is 0. The van der Waals surface area contributed by atoms with Gasteiger partial charge in [0.2, 0.25) is 0 Å². The Hall–Kier alpha value is -2.82. The van der Waals surface area contributed by atoms with Crippen LogP contribution in [0.2, 0.25) is 0 Å². The smallest absolute Gasteiger partial charge is 0.338 e. The zero-order valence-electron chi connectivity index (χ0n) is 18.0. The number of methoxy groups -OCH3 is 1. The molecule has 0 aromatic heterocycles. The molecule has 0 N–H and O–H groups in total. The highest BCUT2D eigenvalue weighted by atomic mass is 16.6. The molecule has 0 saturated heterocycles. The number of fused-ring (bicyclic) bond motifs is 5. The first-order valence-electron chi connectivity index (χ1n) is 11.2. The molecular weight excluding hydrogens is 392 g/mol. The van der Waals surface area contributed by atoms with Gasteiger partial charge in [-0.1, -0.05) is 17.7 Å².